The quantitative estimate of drug-likeness (QED) is 0.270. The van der Waals surface area contributed by atoms with Gasteiger partial charge in [-0.2, -0.15) is 0 Å². The smallest absolute Gasteiger partial charge is 0.0693 e. The maximum atomic E-state index is 5.19. The fourth-order valence-electron chi connectivity index (χ4n) is 5.72. The fraction of sp³-hybridized carbons (Fsp3) is 0.375. The lowest BCUT2D eigenvalue weighted by Crippen LogP contribution is -1.97. The molecule has 2 aliphatic heterocycles. The fourth-order valence-corrected chi connectivity index (χ4v) is 5.72. The second-order valence-corrected chi connectivity index (χ2v) is 11.3. The van der Waals surface area contributed by atoms with E-state index in [1.165, 1.54) is 22.3 Å². The molecule has 5 heterocycles. The Morgan fingerprint density at radius 2 is 0.639 bits per heavy atom. The topological polar surface area (TPSA) is 57.4 Å². The molecule has 3 aromatic heterocycles. The van der Waals surface area contributed by atoms with E-state index in [0.29, 0.717) is 23.7 Å². The molecule has 0 saturated heterocycles. The molecule has 4 heteroatoms. The van der Waals surface area contributed by atoms with Crippen molar-refractivity contribution < 1.29 is 0 Å². The molecule has 2 N–H and O–H groups in total. The van der Waals surface area contributed by atoms with Gasteiger partial charge in [-0.15, -0.1) is 0 Å². The molecule has 0 radical (unpaired) electrons. The van der Waals surface area contributed by atoms with Crippen LogP contribution in [-0.2, 0) is 0 Å². The van der Waals surface area contributed by atoms with Gasteiger partial charge in [0, 0.05) is 44.3 Å². The van der Waals surface area contributed by atoms with Crippen LogP contribution in [0.3, 0.4) is 0 Å². The maximum absolute atomic E-state index is 5.19. The molecule has 4 nitrogen and oxygen atoms in total. The average Bonchev–Trinajstić information content (AvgIpc) is 3.57. The molecule has 5 rings (SSSR count). The van der Waals surface area contributed by atoms with Gasteiger partial charge in [-0.25, -0.2) is 9.97 Å². The first-order valence-corrected chi connectivity index (χ1v) is 13.3. The Morgan fingerprint density at radius 3 is 0.833 bits per heavy atom. The van der Waals surface area contributed by atoms with E-state index in [4.69, 9.17) is 9.97 Å². The zero-order valence-corrected chi connectivity index (χ0v) is 22.8. The van der Waals surface area contributed by atoms with Crippen molar-refractivity contribution in [2.24, 2.45) is 0 Å². The van der Waals surface area contributed by atoms with Gasteiger partial charge in [0.1, 0.15) is 0 Å². The van der Waals surface area contributed by atoms with Gasteiger partial charge < -0.3 is 9.97 Å². The molecule has 2 aliphatic rings. The number of H-pyrrole nitrogens is 2. The average molecular weight is 479 g/mol. The lowest BCUT2D eigenvalue weighted by Gasteiger charge is -2.10. The molecule has 0 aromatic carbocycles. The van der Waals surface area contributed by atoms with Gasteiger partial charge in [0.05, 0.1) is 22.8 Å². The first-order chi connectivity index (χ1) is 17.2. The Kier molecular flexibility index (Phi) is 6.23. The Labute approximate surface area is 214 Å². The van der Waals surface area contributed by atoms with E-state index < -0.39 is 0 Å². The molecule has 0 aliphatic carbocycles. The van der Waals surface area contributed by atoms with Crippen molar-refractivity contribution in [1.29, 1.82) is 0 Å². The second kappa shape index (κ2) is 9.24. The van der Waals surface area contributed by atoms with E-state index in [0.717, 1.165) is 44.8 Å². The van der Waals surface area contributed by atoms with E-state index in [1.807, 2.05) is 0 Å². The molecule has 3 aromatic rings. The Balaban J connectivity index is 2.03. The molecule has 0 saturated carbocycles. The predicted octanol–water partition coefficient (Wildman–Crippen LogP) is 9.15. The van der Waals surface area contributed by atoms with Crippen molar-refractivity contribution in [3.8, 4) is 0 Å². The highest BCUT2D eigenvalue weighted by Gasteiger charge is 2.19. The SMILES string of the molecule is CC(C)c1c2nc(c(C(C)C)c3ccc([nH]3)c(C(C)C)c3nc(c(C(C)C)c4ccc1[nH]4)C=C3)C=C2. The van der Waals surface area contributed by atoms with Crippen LogP contribution in [-0.4, -0.2) is 19.9 Å². The predicted molar refractivity (Wildman–Crippen MR) is 155 cm³/mol. The first-order valence-electron chi connectivity index (χ1n) is 13.3. The molecule has 0 atom stereocenters. The number of hydrogen-bond donors (Lipinski definition) is 2. The monoisotopic (exact) mass is 478 g/mol. The largest absolute Gasteiger partial charge is 0.355 e. The summed E-state index contributed by atoms with van der Waals surface area (Å²) in [6.45, 7) is 18.0. The second-order valence-electron chi connectivity index (χ2n) is 11.3. The highest BCUT2D eigenvalue weighted by Crippen LogP contribution is 2.34. The molecule has 36 heavy (non-hydrogen) atoms. The van der Waals surface area contributed by atoms with Crippen molar-refractivity contribution in [2.75, 3.05) is 0 Å². The summed E-state index contributed by atoms with van der Waals surface area (Å²) >= 11 is 0. The first kappa shape index (κ1) is 24.3. The van der Waals surface area contributed by atoms with Gasteiger partial charge in [-0.3, -0.25) is 0 Å². The molecule has 0 spiro atoms. The normalized spacial score (nSPS) is 13.2. The third kappa shape index (κ3) is 4.13. The van der Waals surface area contributed by atoms with Crippen LogP contribution in [0.5, 0.6) is 0 Å². The van der Waals surface area contributed by atoms with Gasteiger partial charge in [-0.1, -0.05) is 55.4 Å². The standard InChI is InChI=1S/C32H38N4/c1-17(2)29-21-9-11-23(33-21)30(18(3)4)25-13-15-27(35-25)32(20(7)8)28-16-14-26(36-28)31(19(5)6)24-12-10-22(29)34-24/h9-20,33,36H,1-8H3. The van der Waals surface area contributed by atoms with Crippen LogP contribution in [0.2, 0.25) is 0 Å². The number of aromatic amines is 2. The van der Waals surface area contributed by atoms with Crippen molar-refractivity contribution in [1.82, 2.24) is 19.9 Å². The lowest BCUT2D eigenvalue weighted by atomic mass is 10.0. The van der Waals surface area contributed by atoms with Crippen molar-refractivity contribution >= 4 is 46.4 Å². The minimum Gasteiger partial charge on any atom is -0.355 e. The van der Waals surface area contributed by atoms with Gasteiger partial charge in [0.15, 0.2) is 0 Å². The van der Waals surface area contributed by atoms with Crippen LogP contribution < -0.4 is 0 Å². The number of fused-ring (bicyclic) bond motifs is 8. The van der Waals surface area contributed by atoms with E-state index >= 15 is 0 Å². The summed E-state index contributed by atoms with van der Waals surface area (Å²) in [4.78, 5) is 17.9. The maximum Gasteiger partial charge on any atom is 0.0693 e. The molecule has 0 unspecified atom stereocenters. The minimum atomic E-state index is 0.326. The summed E-state index contributed by atoms with van der Waals surface area (Å²) in [7, 11) is 0. The number of nitrogens with zero attached hydrogens (tertiary/aromatic N) is 2. The third-order valence-electron chi connectivity index (χ3n) is 7.23. The van der Waals surface area contributed by atoms with Crippen molar-refractivity contribution in [2.45, 2.75) is 79.1 Å². The summed E-state index contributed by atoms with van der Waals surface area (Å²) < 4.78 is 0. The van der Waals surface area contributed by atoms with Gasteiger partial charge >= 0.3 is 0 Å². The zero-order chi connectivity index (χ0) is 25.7. The zero-order valence-electron chi connectivity index (χ0n) is 22.8. The number of nitrogens with one attached hydrogen (secondary N) is 2. The van der Waals surface area contributed by atoms with Gasteiger partial charge in [-0.05, 0) is 72.2 Å². The lowest BCUT2D eigenvalue weighted by molar-refractivity contribution is 0.850. The van der Waals surface area contributed by atoms with Crippen molar-refractivity contribution in [3.05, 3.63) is 69.3 Å². The molecule has 0 amide bonds. The summed E-state index contributed by atoms with van der Waals surface area (Å²) in [6.07, 6.45) is 8.72. The van der Waals surface area contributed by atoms with Crippen LogP contribution in [0.25, 0.3) is 46.4 Å². The summed E-state index contributed by atoms with van der Waals surface area (Å²) in [5, 5.41) is 0. The van der Waals surface area contributed by atoms with Crippen molar-refractivity contribution in [3.63, 3.8) is 0 Å². The van der Waals surface area contributed by atoms with Gasteiger partial charge in [0.2, 0.25) is 0 Å². The van der Waals surface area contributed by atoms with Gasteiger partial charge in [0.25, 0.3) is 0 Å². The van der Waals surface area contributed by atoms with Crippen LogP contribution in [0.4, 0.5) is 0 Å². The highest BCUT2D eigenvalue weighted by molar-refractivity contribution is 5.84. The van der Waals surface area contributed by atoms with Crippen LogP contribution in [0.15, 0.2) is 24.3 Å². The van der Waals surface area contributed by atoms with Crippen LogP contribution in [0, 0.1) is 0 Å². The van der Waals surface area contributed by atoms with Crippen LogP contribution in [0.1, 0.15) is 124 Å². The van der Waals surface area contributed by atoms with E-state index in [2.05, 4.69) is 114 Å². The molecular weight excluding hydrogens is 440 g/mol. The Hall–Kier alpha value is -3.40. The third-order valence-corrected chi connectivity index (χ3v) is 7.23. The van der Waals surface area contributed by atoms with E-state index in [9.17, 15) is 0 Å². The molecule has 0 fully saturated rings. The summed E-state index contributed by atoms with van der Waals surface area (Å²) in [6, 6.07) is 8.83. The van der Waals surface area contributed by atoms with Crippen LogP contribution >= 0.6 is 0 Å². The summed E-state index contributed by atoms with van der Waals surface area (Å²) in [5.74, 6) is 1.30. The number of rotatable bonds is 4. The number of hydrogen-bond acceptors (Lipinski definition) is 2. The Bertz CT molecular complexity index is 1320. The molecular formula is C32H38N4. The van der Waals surface area contributed by atoms with E-state index in [1.54, 1.807) is 0 Å². The Morgan fingerprint density at radius 1 is 0.417 bits per heavy atom. The highest BCUT2D eigenvalue weighted by atomic mass is 14.8. The van der Waals surface area contributed by atoms with E-state index in [-0.39, 0.29) is 0 Å². The molecule has 8 bridgehead atoms. The minimum absolute atomic E-state index is 0.326. The number of aromatic nitrogens is 4. The molecule has 186 valence electrons. The summed E-state index contributed by atoms with van der Waals surface area (Å²) in [5.41, 5.74) is 13.6.